The van der Waals surface area contributed by atoms with Crippen LogP contribution in [0.5, 0.6) is 0 Å². The molecular weight excluding hydrogens is 917 g/mol. The zero-order valence-corrected chi connectivity index (χ0v) is 42.6. The molecule has 0 aromatic carbocycles. The quantitative estimate of drug-likeness (QED) is 0.0478. The zero-order chi connectivity index (χ0) is 52.4. The second-order valence-electron chi connectivity index (χ2n) is 19.9. The number of aliphatic hydroxyl groups excluding tert-OH is 2. The van der Waals surface area contributed by atoms with Gasteiger partial charge in [0.05, 0.1) is 75.7 Å². The van der Waals surface area contributed by atoms with Crippen molar-refractivity contribution in [2.75, 3.05) is 59.5 Å². The smallest absolute Gasteiger partial charge is 0.311 e. The van der Waals surface area contributed by atoms with Gasteiger partial charge in [-0.3, -0.25) is 14.4 Å². The number of carbonyl (C=O) groups excluding carboxylic acids is 3. The summed E-state index contributed by atoms with van der Waals surface area (Å²) in [5, 5.41) is 23.2. The van der Waals surface area contributed by atoms with Gasteiger partial charge in [-0.05, 0) is 62.3 Å². The van der Waals surface area contributed by atoms with Crippen LogP contribution in [0.4, 0.5) is 0 Å². The molecule has 0 spiro atoms. The summed E-state index contributed by atoms with van der Waals surface area (Å²) in [7, 11) is 0. The first-order valence-corrected chi connectivity index (χ1v) is 23.5. The number of carbonyl (C=O) groups is 3. The second-order valence-corrected chi connectivity index (χ2v) is 19.9. The molecule has 0 aromatic heterocycles. The molecule has 19 heteroatoms. The van der Waals surface area contributed by atoms with Crippen LogP contribution in [0, 0.1) is 16.2 Å². The number of esters is 3. The lowest BCUT2D eigenvalue weighted by Gasteiger charge is -2.51. The van der Waals surface area contributed by atoms with E-state index >= 15 is 0 Å². The van der Waals surface area contributed by atoms with Crippen molar-refractivity contribution in [3.8, 4) is 0 Å². The maximum Gasteiger partial charge on any atom is 0.311 e. The predicted molar refractivity (Wildman–Crippen MR) is 255 cm³/mol. The molecule has 3 aliphatic rings. The molecule has 0 unspecified atom stereocenters. The molecule has 0 bridgehead atoms. The Morgan fingerprint density at radius 2 is 0.743 bits per heavy atom. The van der Waals surface area contributed by atoms with Crippen molar-refractivity contribution in [1.82, 2.24) is 0 Å². The third-order valence-electron chi connectivity index (χ3n) is 10.7. The first-order valence-electron chi connectivity index (χ1n) is 23.5. The highest BCUT2D eigenvalue weighted by Gasteiger charge is 2.58. The SMILES string of the molecule is C=CCOC[C@H]1O[C@@H](O[C@@H]2[C@H](OCC=C)[C@@H](OC(=O)C(C)(C)C)[C@H](O[C@@H]3[C@H](OCC=C)[C@@H](OC(=O)C(C)(C)C)[C@H](O)O[C@@H]3COCC=C)O[C@@H]2COCC=C)[C@H](OC(=O)C(C)(C)C)[C@@H](OCC=C)[C@H]1O. The van der Waals surface area contributed by atoms with Gasteiger partial charge in [-0.25, -0.2) is 0 Å². The van der Waals surface area contributed by atoms with Crippen molar-refractivity contribution in [1.29, 1.82) is 0 Å². The monoisotopic (exact) mass is 997 g/mol. The van der Waals surface area contributed by atoms with E-state index in [4.69, 9.17) is 66.3 Å². The Kier molecular flexibility index (Phi) is 24.7. The average Bonchev–Trinajstić information content (AvgIpc) is 3.28. The van der Waals surface area contributed by atoms with E-state index in [0.29, 0.717) is 0 Å². The van der Waals surface area contributed by atoms with Crippen LogP contribution in [0.2, 0.25) is 0 Å². The van der Waals surface area contributed by atoms with Crippen molar-refractivity contribution in [3.05, 3.63) is 75.9 Å². The summed E-state index contributed by atoms with van der Waals surface area (Å²) >= 11 is 0. The summed E-state index contributed by atoms with van der Waals surface area (Å²) in [5.74, 6) is -2.05. The second kappa shape index (κ2) is 28.5. The third kappa shape index (κ3) is 17.5. The van der Waals surface area contributed by atoms with Gasteiger partial charge >= 0.3 is 17.9 Å². The van der Waals surface area contributed by atoms with Gasteiger partial charge in [-0.1, -0.05) is 36.5 Å². The molecule has 0 amide bonds. The van der Waals surface area contributed by atoms with Gasteiger partial charge in [0, 0.05) is 0 Å². The molecule has 3 fully saturated rings. The van der Waals surface area contributed by atoms with Crippen LogP contribution < -0.4 is 0 Å². The van der Waals surface area contributed by atoms with E-state index in [0.717, 1.165) is 0 Å². The van der Waals surface area contributed by atoms with E-state index in [1.807, 2.05) is 0 Å². The average molecular weight is 997 g/mol. The molecule has 398 valence electrons. The lowest BCUT2D eigenvalue weighted by atomic mass is 9.93. The number of hydrogen-bond acceptors (Lipinski definition) is 19. The fourth-order valence-corrected chi connectivity index (χ4v) is 7.12. The Labute approximate surface area is 413 Å². The molecule has 2 N–H and O–H groups in total. The van der Waals surface area contributed by atoms with Crippen molar-refractivity contribution >= 4 is 17.9 Å². The predicted octanol–water partition coefficient (Wildman–Crippen LogP) is 4.48. The molecule has 0 saturated carbocycles. The molecule has 15 atom stereocenters. The summed E-state index contributed by atoms with van der Waals surface area (Å²) < 4.78 is 87.9. The molecule has 70 heavy (non-hydrogen) atoms. The van der Waals surface area contributed by atoms with Gasteiger partial charge in [0.15, 0.2) is 37.2 Å². The third-order valence-corrected chi connectivity index (χ3v) is 10.7. The van der Waals surface area contributed by atoms with Gasteiger partial charge in [0.2, 0.25) is 0 Å². The van der Waals surface area contributed by atoms with Crippen LogP contribution in [0.15, 0.2) is 75.9 Å². The van der Waals surface area contributed by atoms with Crippen molar-refractivity contribution in [2.45, 2.75) is 154 Å². The summed E-state index contributed by atoms with van der Waals surface area (Å²) in [5.41, 5.74) is -3.14. The van der Waals surface area contributed by atoms with Gasteiger partial charge in [-0.2, -0.15) is 0 Å². The summed E-state index contributed by atoms with van der Waals surface area (Å²) in [6, 6.07) is 0. The van der Waals surface area contributed by atoms with Crippen LogP contribution in [0.1, 0.15) is 62.3 Å². The largest absolute Gasteiger partial charge is 0.454 e. The molecule has 3 rings (SSSR count). The topological polar surface area (TPSA) is 221 Å². The van der Waals surface area contributed by atoms with Crippen molar-refractivity contribution < 1.29 is 90.9 Å². The molecule has 0 aromatic rings. The van der Waals surface area contributed by atoms with Crippen molar-refractivity contribution in [3.63, 3.8) is 0 Å². The van der Waals surface area contributed by atoms with E-state index in [-0.39, 0.29) is 59.5 Å². The molecule has 3 saturated heterocycles. The maximum atomic E-state index is 14.1. The van der Waals surface area contributed by atoms with E-state index in [1.54, 1.807) is 62.3 Å². The fourth-order valence-electron chi connectivity index (χ4n) is 7.12. The number of aliphatic hydroxyl groups is 2. The summed E-state index contributed by atoms with van der Waals surface area (Å²) in [4.78, 5) is 41.3. The lowest BCUT2D eigenvalue weighted by Crippen LogP contribution is -2.68. The lowest BCUT2D eigenvalue weighted by molar-refractivity contribution is -0.384. The van der Waals surface area contributed by atoms with Crippen LogP contribution in [-0.2, 0) is 80.7 Å². The van der Waals surface area contributed by atoms with Gasteiger partial charge in [0.1, 0.15) is 54.9 Å². The highest BCUT2D eigenvalue weighted by Crippen LogP contribution is 2.39. The standard InChI is InChI=1S/C51H80O19/c1-16-22-57-28-31-34(52)37(60-25-19-4)41(69-47(55)50(10,11)12)44(64-31)67-36-33(30-59-24-18-3)65-45(42(39(36)62-27-21-6)70-48(56)51(13,14)15)66-35-32(29-58-23-17-2)63-43(53)40(38(35)61-26-20-5)68-46(54)49(7,8)9/h16-21,31-45,52-53H,1-6,22-30H2,7-15H3/t31-,32-,33-,34+,35+,36+,37+,38+,39+,40-,41-,42-,43-,44+,45+/m1/s1. The van der Waals surface area contributed by atoms with Gasteiger partial charge in [0.25, 0.3) is 0 Å². The van der Waals surface area contributed by atoms with Gasteiger partial charge < -0.3 is 76.5 Å². The summed E-state index contributed by atoms with van der Waals surface area (Å²) in [6.45, 7) is 36.8. The molecule has 3 aliphatic heterocycles. The maximum absolute atomic E-state index is 14.1. The Morgan fingerprint density at radius 3 is 1.13 bits per heavy atom. The van der Waals surface area contributed by atoms with Crippen molar-refractivity contribution in [2.24, 2.45) is 16.2 Å². The highest BCUT2D eigenvalue weighted by atomic mass is 16.8. The minimum atomic E-state index is -1.72. The Balaban J connectivity index is 2.33. The number of rotatable bonds is 28. The fraction of sp³-hybridized carbons (Fsp3) is 0.706. The molecule has 19 nitrogen and oxygen atoms in total. The van der Waals surface area contributed by atoms with Gasteiger partial charge in [-0.15, -0.1) is 39.5 Å². The highest BCUT2D eigenvalue weighted by molar-refractivity contribution is 5.76. The Hall–Kier alpha value is -3.67. The number of ether oxygens (including phenoxy) is 14. The van der Waals surface area contributed by atoms with Crippen LogP contribution in [0.3, 0.4) is 0 Å². The summed E-state index contributed by atoms with van der Waals surface area (Å²) in [6.07, 6.45) is -11.7. The minimum Gasteiger partial charge on any atom is -0.454 e. The Bertz CT molecular complexity index is 1700. The molecule has 3 heterocycles. The molecule has 0 radical (unpaired) electrons. The van der Waals surface area contributed by atoms with E-state index in [2.05, 4.69) is 39.5 Å². The molecule has 0 aliphatic carbocycles. The number of hydrogen-bond donors (Lipinski definition) is 2. The Morgan fingerprint density at radius 1 is 0.429 bits per heavy atom. The van der Waals surface area contributed by atoms with E-state index in [1.165, 1.54) is 36.5 Å². The minimum absolute atomic E-state index is 0.0478. The normalized spacial score (nSPS) is 31.7. The molecular formula is C51H80O19. The first kappa shape index (κ1) is 60.6. The first-order chi connectivity index (χ1) is 33.0. The van der Waals surface area contributed by atoms with Crippen LogP contribution >= 0.6 is 0 Å². The zero-order valence-electron chi connectivity index (χ0n) is 42.6. The van der Waals surface area contributed by atoms with E-state index in [9.17, 15) is 24.6 Å². The van der Waals surface area contributed by atoms with Crippen LogP contribution in [0.25, 0.3) is 0 Å². The van der Waals surface area contributed by atoms with Crippen LogP contribution in [-0.4, -0.2) is 180 Å². The van der Waals surface area contributed by atoms with E-state index < -0.39 is 126 Å².